The van der Waals surface area contributed by atoms with E-state index >= 15 is 0 Å². The van der Waals surface area contributed by atoms with Crippen LogP contribution in [0.1, 0.15) is 19.8 Å². The van der Waals surface area contributed by atoms with E-state index < -0.39 is 11.8 Å². The van der Waals surface area contributed by atoms with Crippen molar-refractivity contribution in [1.82, 2.24) is 5.06 Å². The van der Waals surface area contributed by atoms with Crippen LogP contribution in [0, 0.1) is 0 Å². The first-order valence-corrected chi connectivity index (χ1v) is 3.94. The highest BCUT2D eigenvalue weighted by molar-refractivity contribution is 6.11. The van der Waals surface area contributed by atoms with Gasteiger partial charge in [0.15, 0.2) is 0 Å². The van der Waals surface area contributed by atoms with E-state index in [1.165, 1.54) is 12.2 Å². The summed E-state index contributed by atoms with van der Waals surface area (Å²) >= 11 is 0. The summed E-state index contributed by atoms with van der Waals surface area (Å²) in [6.45, 7) is 2.42. The third-order valence-electron chi connectivity index (χ3n) is 1.49. The summed E-state index contributed by atoms with van der Waals surface area (Å²) in [4.78, 5) is 26.7. The predicted octanol–water partition coefficient (Wildman–Crippen LogP) is 0.643. The van der Waals surface area contributed by atoms with Gasteiger partial charge in [0.05, 0.1) is 6.61 Å². The number of carbonyl (C=O) groups is 2. The average molecular weight is 169 g/mol. The van der Waals surface area contributed by atoms with Crippen LogP contribution in [0.4, 0.5) is 0 Å². The lowest BCUT2D eigenvalue weighted by molar-refractivity contribution is -0.185. The molecular formula is C8H11NO3. The van der Waals surface area contributed by atoms with Gasteiger partial charge in [0.2, 0.25) is 0 Å². The van der Waals surface area contributed by atoms with Gasteiger partial charge in [-0.1, -0.05) is 13.3 Å². The van der Waals surface area contributed by atoms with Crippen LogP contribution >= 0.6 is 0 Å². The fourth-order valence-corrected chi connectivity index (χ4v) is 0.814. The molecule has 0 saturated carbocycles. The van der Waals surface area contributed by atoms with E-state index in [0.29, 0.717) is 6.61 Å². The molecule has 0 aliphatic carbocycles. The van der Waals surface area contributed by atoms with Gasteiger partial charge in [-0.25, -0.2) is 0 Å². The zero-order valence-electron chi connectivity index (χ0n) is 6.95. The summed E-state index contributed by atoms with van der Waals surface area (Å²) in [6, 6.07) is 0. The minimum atomic E-state index is -0.392. The first kappa shape index (κ1) is 8.93. The zero-order valence-corrected chi connectivity index (χ0v) is 6.95. The normalized spacial score (nSPS) is 16.2. The topological polar surface area (TPSA) is 46.6 Å². The highest BCUT2D eigenvalue weighted by atomic mass is 16.7. The second kappa shape index (κ2) is 4.01. The summed E-state index contributed by atoms with van der Waals surface area (Å²) in [6.07, 6.45) is 4.23. The van der Waals surface area contributed by atoms with Crippen molar-refractivity contribution in [2.75, 3.05) is 6.61 Å². The van der Waals surface area contributed by atoms with Gasteiger partial charge in [0.25, 0.3) is 11.8 Å². The van der Waals surface area contributed by atoms with Crippen molar-refractivity contribution in [3.05, 3.63) is 12.2 Å². The van der Waals surface area contributed by atoms with E-state index in [1.807, 2.05) is 6.92 Å². The molecule has 0 unspecified atom stereocenters. The quantitative estimate of drug-likeness (QED) is 0.458. The lowest BCUT2D eigenvalue weighted by Crippen LogP contribution is -2.30. The number of nitrogens with zero attached hydrogens (tertiary/aromatic N) is 1. The Balaban J connectivity index is 2.33. The van der Waals surface area contributed by atoms with Gasteiger partial charge in [0.1, 0.15) is 0 Å². The van der Waals surface area contributed by atoms with Crippen LogP contribution in [0.3, 0.4) is 0 Å². The average Bonchev–Trinajstić information content (AvgIpc) is 2.35. The van der Waals surface area contributed by atoms with Gasteiger partial charge < -0.3 is 0 Å². The minimum Gasteiger partial charge on any atom is -0.267 e. The number of unbranched alkanes of at least 4 members (excludes halogenated alkanes) is 1. The van der Waals surface area contributed by atoms with Crippen molar-refractivity contribution in [3.8, 4) is 0 Å². The van der Waals surface area contributed by atoms with Crippen molar-refractivity contribution < 1.29 is 14.4 Å². The Morgan fingerprint density at radius 3 is 2.42 bits per heavy atom. The van der Waals surface area contributed by atoms with Gasteiger partial charge in [-0.2, -0.15) is 0 Å². The predicted molar refractivity (Wildman–Crippen MR) is 41.9 cm³/mol. The summed E-state index contributed by atoms with van der Waals surface area (Å²) in [5.41, 5.74) is 0. The smallest absolute Gasteiger partial charge is 0.267 e. The van der Waals surface area contributed by atoms with Crippen molar-refractivity contribution in [2.45, 2.75) is 19.8 Å². The number of hydroxylamine groups is 2. The number of hydrogen-bond donors (Lipinski definition) is 0. The fraction of sp³-hybridized carbons (Fsp3) is 0.500. The molecule has 2 amide bonds. The van der Waals surface area contributed by atoms with E-state index in [4.69, 9.17) is 4.84 Å². The van der Waals surface area contributed by atoms with Crippen molar-refractivity contribution >= 4 is 11.8 Å². The molecule has 1 aliphatic heterocycles. The number of hydrogen-bond acceptors (Lipinski definition) is 3. The van der Waals surface area contributed by atoms with Crippen LogP contribution in [0.2, 0.25) is 0 Å². The molecule has 66 valence electrons. The van der Waals surface area contributed by atoms with Crippen LogP contribution in [-0.2, 0) is 14.4 Å². The van der Waals surface area contributed by atoms with E-state index in [0.717, 1.165) is 17.9 Å². The molecule has 0 saturated heterocycles. The standard InChI is InChI=1S/C8H11NO3/c1-2-3-6-12-9-7(10)4-5-8(9)11/h4-5H,2-3,6H2,1H3. The zero-order chi connectivity index (χ0) is 8.97. The molecule has 1 aliphatic rings. The first-order chi connectivity index (χ1) is 5.75. The molecule has 0 N–H and O–H groups in total. The van der Waals surface area contributed by atoms with Gasteiger partial charge in [-0.3, -0.25) is 14.4 Å². The Morgan fingerprint density at radius 1 is 1.33 bits per heavy atom. The molecule has 12 heavy (non-hydrogen) atoms. The van der Waals surface area contributed by atoms with Crippen LogP contribution in [-0.4, -0.2) is 23.5 Å². The Morgan fingerprint density at radius 2 is 1.92 bits per heavy atom. The highest BCUT2D eigenvalue weighted by Crippen LogP contribution is 2.04. The second-order valence-corrected chi connectivity index (χ2v) is 2.49. The highest BCUT2D eigenvalue weighted by Gasteiger charge is 2.23. The molecule has 1 heterocycles. The van der Waals surface area contributed by atoms with Gasteiger partial charge in [-0.15, -0.1) is 5.06 Å². The Labute approximate surface area is 70.7 Å². The molecule has 0 spiro atoms. The maximum atomic E-state index is 10.9. The Hall–Kier alpha value is -1.16. The summed E-state index contributed by atoms with van der Waals surface area (Å²) in [5.74, 6) is -0.785. The second-order valence-electron chi connectivity index (χ2n) is 2.49. The molecule has 0 aromatic carbocycles. The maximum absolute atomic E-state index is 10.9. The van der Waals surface area contributed by atoms with Gasteiger partial charge >= 0.3 is 0 Å². The van der Waals surface area contributed by atoms with Crippen molar-refractivity contribution in [3.63, 3.8) is 0 Å². The monoisotopic (exact) mass is 169 g/mol. The molecule has 0 fully saturated rings. The molecule has 0 bridgehead atoms. The number of carbonyl (C=O) groups excluding carboxylic acids is 2. The summed E-state index contributed by atoms with van der Waals surface area (Å²) < 4.78 is 0. The van der Waals surface area contributed by atoms with Crippen LogP contribution in [0.5, 0.6) is 0 Å². The van der Waals surface area contributed by atoms with Crippen LogP contribution < -0.4 is 0 Å². The molecule has 1 rings (SSSR count). The molecule has 0 aromatic heterocycles. The summed E-state index contributed by atoms with van der Waals surface area (Å²) in [5, 5.41) is 0.787. The van der Waals surface area contributed by atoms with Crippen molar-refractivity contribution in [2.24, 2.45) is 0 Å². The number of amides is 2. The maximum Gasteiger partial charge on any atom is 0.277 e. The first-order valence-electron chi connectivity index (χ1n) is 3.94. The molecule has 0 aromatic rings. The van der Waals surface area contributed by atoms with Crippen molar-refractivity contribution in [1.29, 1.82) is 0 Å². The third kappa shape index (κ3) is 1.92. The lowest BCUT2D eigenvalue weighted by Gasteiger charge is -2.12. The summed E-state index contributed by atoms with van der Waals surface area (Å²) in [7, 11) is 0. The molecule has 4 nitrogen and oxygen atoms in total. The van der Waals surface area contributed by atoms with E-state index in [9.17, 15) is 9.59 Å². The van der Waals surface area contributed by atoms with Crippen LogP contribution in [0.15, 0.2) is 12.2 Å². The van der Waals surface area contributed by atoms with Gasteiger partial charge in [-0.05, 0) is 6.42 Å². The Bertz CT molecular complexity index is 204. The molecule has 0 radical (unpaired) electrons. The van der Waals surface area contributed by atoms with E-state index in [-0.39, 0.29) is 0 Å². The molecule has 4 heteroatoms. The fourth-order valence-electron chi connectivity index (χ4n) is 0.814. The van der Waals surface area contributed by atoms with E-state index in [2.05, 4.69) is 0 Å². The van der Waals surface area contributed by atoms with Gasteiger partial charge in [0, 0.05) is 12.2 Å². The SMILES string of the molecule is CCCCON1C(=O)C=CC1=O. The largest absolute Gasteiger partial charge is 0.277 e. The number of rotatable bonds is 4. The molecular weight excluding hydrogens is 158 g/mol. The van der Waals surface area contributed by atoms with Crippen LogP contribution in [0.25, 0.3) is 0 Å². The molecule has 0 atom stereocenters. The third-order valence-corrected chi connectivity index (χ3v) is 1.49. The number of imide groups is 1. The minimum absolute atomic E-state index is 0.392. The Kier molecular flexibility index (Phi) is 2.99. The lowest BCUT2D eigenvalue weighted by atomic mass is 10.4. The van der Waals surface area contributed by atoms with E-state index in [1.54, 1.807) is 0 Å².